The molecule has 0 fully saturated rings. The fourth-order valence-electron chi connectivity index (χ4n) is 2.59. The minimum Gasteiger partial charge on any atom is -0.300 e. The summed E-state index contributed by atoms with van der Waals surface area (Å²) >= 11 is 7.19. The number of hydrogen-bond donors (Lipinski definition) is 1. The first-order valence-corrected chi connectivity index (χ1v) is 9.85. The molecular formula is C20H14ClN5O2S. The number of hydrogen-bond acceptors (Lipinski definition) is 6. The quantitative estimate of drug-likeness (QED) is 0.528. The average Bonchev–Trinajstić information content (AvgIpc) is 3.19. The van der Waals surface area contributed by atoms with Crippen LogP contribution in [0.25, 0.3) is 22.6 Å². The van der Waals surface area contributed by atoms with Gasteiger partial charge in [0.2, 0.25) is 5.91 Å². The van der Waals surface area contributed by atoms with Crippen molar-refractivity contribution in [2.24, 2.45) is 0 Å². The van der Waals surface area contributed by atoms with Gasteiger partial charge in [0.15, 0.2) is 5.13 Å². The molecule has 0 atom stereocenters. The first kappa shape index (κ1) is 19.0. The van der Waals surface area contributed by atoms with Crippen LogP contribution in [0.1, 0.15) is 0 Å². The van der Waals surface area contributed by atoms with E-state index >= 15 is 0 Å². The highest BCUT2D eigenvalue weighted by Crippen LogP contribution is 2.23. The zero-order chi connectivity index (χ0) is 20.2. The van der Waals surface area contributed by atoms with Crippen molar-refractivity contribution < 1.29 is 4.79 Å². The predicted molar refractivity (Wildman–Crippen MR) is 113 cm³/mol. The summed E-state index contributed by atoms with van der Waals surface area (Å²) in [5, 5.41) is 9.82. The number of aromatic nitrogens is 4. The molecular weight excluding hydrogens is 410 g/mol. The number of amides is 1. The van der Waals surface area contributed by atoms with E-state index in [9.17, 15) is 9.59 Å². The normalized spacial score (nSPS) is 10.7. The number of rotatable bonds is 5. The summed E-state index contributed by atoms with van der Waals surface area (Å²) in [6, 6.07) is 15.6. The number of anilines is 1. The van der Waals surface area contributed by atoms with Crippen LogP contribution in [0.2, 0.25) is 5.02 Å². The molecule has 0 radical (unpaired) electrons. The molecule has 0 aliphatic rings. The largest absolute Gasteiger partial charge is 0.300 e. The SMILES string of the molecule is O=C(Cn1nc(-c2ccc(Cl)cc2)ccc1=O)Nc1nc(-c2ccccn2)cs1. The third-order valence-corrected chi connectivity index (χ3v) is 4.99. The first-order chi connectivity index (χ1) is 14.1. The van der Waals surface area contributed by atoms with Crippen LogP contribution in [0.4, 0.5) is 5.13 Å². The summed E-state index contributed by atoms with van der Waals surface area (Å²) < 4.78 is 1.12. The van der Waals surface area contributed by atoms with Crippen molar-refractivity contribution in [1.82, 2.24) is 19.7 Å². The monoisotopic (exact) mass is 423 g/mol. The van der Waals surface area contributed by atoms with Crippen molar-refractivity contribution in [2.45, 2.75) is 6.54 Å². The lowest BCUT2D eigenvalue weighted by Gasteiger charge is -2.07. The predicted octanol–water partition coefficient (Wildman–Crippen LogP) is 3.72. The number of thiazole rings is 1. The fourth-order valence-corrected chi connectivity index (χ4v) is 3.44. The Morgan fingerprint density at radius 1 is 1.03 bits per heavy atom. The molecule has 0 aliphatic carbocycles. The van der Waals surface area contributed by atoms with E-state index in [1.807, 2.05) is 23.6 Å². The van der Waals surface area contributed by atoms with Gasteiger partial charge in [-0.15, -0.1) is 11.3 Å². The molecule has 0 bridgehead atoms. The third kappa shape index (κ3) is 4.56. The second kappa shape index (κ2) is 8.34. The van der Waals surface area contributed by atoms with Gasteiger partial charge in [0.05, 0.1) is 11.4 Å². The molecule has 9 heteroatoms. The van der Waals surface area contributed by atoms with Gasteiger partial charge in [-0.25, -0.2) is 9.67 Å². The van der Waals surface area contributed by atoms with E-state index in [2.05, 4.69) is 20.4 Å². The molecule has 4 aromatic rings. The van der Waals surface area contributed by atoms with Crippen LogP contribution in [0, 0.1) is 0 Å². The van der Waals surface area contributed by atoms with E-state index in [0.717, 1.165) is 15.9 Å². The second-order valence-corrected chi connectivity index (χ2v) is 7.32. The van der Waals surface area contributed by atoms with Crippen molar-refractivity contribution in [1.29, 1.82) is 0 Å². The molecule has 0 spiro atoms. The van der Waals surface area contributed by atoms with Crippen molar-refractivity contribution >= 4 is 34.0 Å². The van der Waals surface area contributed by atoms with Gasteiger partial charge in [0.25, 0.3) is 5.56 Å². The Kier molecular flexibility index (Phi) is 5.46. The standard InChI is InChI=1S/C20H14ClN5O2S/c21-14-6-4-13(5-7-14)15-8-9-19(28)26(25-15)11-18(27)24-20-23-17(12-29-20)16-3-1-2-10-22-16/h1-10,12H,11H2,(H,23,24,27). The topological polar surface area (TPSA) is 89.8 Å². The van der Waals surface area contributed by atoms with Crippen molar-refractivity contribution in [3.8, 4) is 22.6 Å². The molecule has 144 valence electrons. The number of benzene rings is 1. The molecule has 0 unspecified atom stereocenters. The highest BCUT2D eigenvalue weighted by Gasteiger charge is 2.11. The maximum atomic E-state index is 12.4. The molecule has 7 nitrogen and oxygen atoms in total. The fraction of sp³-hybridized carbons (Fsp3) is 0.0500. The van der Waals surface area contributed by atoms with Crippen molar-refractivity contribution in [2.75, 3.05) is 5.32 Å². The zero-order valence-corrected chi connectivity index (χ0v) is 16.5. The number of carbonyl (C=O) groups excluding carboxylic acids is 1. The average molecular weight is 424 g/mol. The molecule has 3 aromatic heterocycles. The molecule has 0 saturated carbocycles. The lowest BCUT2D eigenvalue weighted by molar-refractivity contribution is -0.117. The minimum atomic E-state index is -0.394. The zero-order valence-electron chi connectivity index (χ0n) is 14.9. The Bertz CT molecular complexity index is 1210. The molecule has 1 amide bonds. The summed E-state index contributed by atoms with van der Waals surface area (Å²) in [5.41, 5.74) is 2.39. The maximum absolute atomic E-state index is 12.4. The van der Waals surface area contributed by atoms with E-state index in [4.69, 9.17) is 11.6 Å². The Morgan fingerprint density at radius 2 is 1.86 bits per heavy atom. The van der Waals surface area contributed by atoms with Crippen LogP contribution in [0.5, 0.6) is 0 Å². The van der Waals surface area contributed by atoms with Gasteiger partial charge in [-0.3, -0.25) is 14.6 Å². The number of nitrogens with zero attached hydrogens (tertiary/aromatic N) is 4. The van der Waals surface area contributed by atoms with Gasteiger partial charge in [0, 0.05) is 28.2 Å². The molecule has 0 saturated heterocycles. The lowest BCUT2D eigenvalue weighted by Crippen LogP contribution is -2.29. The Hall–Kier alpha value is -3.36. The van der Waals surface area contributed by atoms with Crippen LogP contribution < -0.4 is 10.9 Å². The van der Waals surface area contributed by atoms with Gasteiger partial charge in [-0.1, -0.05) is 29.8 Å². The highest BCUT2D eigenvalue weighted by molar-refractivity contribution is 7.14. The van der Waals surface area contributed by atoms with E-state index < -0.39 is 5.91 Å². The number of carbonyl (C=O) groups is 1. The van der Waals surface area contributed by atoms with Crippen LogP contribution in [-0.4, -0.2) is 25.7 Å². The van der Waals surface area contributed by atoms with E-state index in [0.29, 0.717) is 21.5 Å². The molecule has 29 heavy (non-hydrogen) atoms. The van der Waals surface area contributed by atoms with Gasteiger partial charge in [0.1, 0.15) is 12.2 Å². The van der Waals surface area contributed by atoms with Crippen LogP contribution in [0.3, 0.4) is 0 Å². The van der Waals surface area contributed by atoms with Crippen molar-refractivity contribution in [3.63, 3.8) is 0 Å². The lowest BCUT2D eigenvalue weighted by atomic mass is 10.1. The number of halogens is 1. The number of nitrogens with one attached hydrogen (secondary N) is 1. The van der Waals surface area contributed by atoms with E-state index in [1.165, 1.54) is 17.4 Å². The summed E-state index contributed by atoms with van der Waals surface area (Å²) in [4.78, 5) is 33.1. The Labute approximate surface area is 174 Å². The summed E-state index contributed by atoms with van der Waals surface area (Å²) in [5.74, 6) is -0.394. The summed E-state index contributed by atoms with van der Waals surface area (Å²) in [6.45, 7) is -0.223. The van der Waals surface area contributed by atoms with Crippen LogP contribution >= 0.6 is 22.9 Å². The molecule has 4 rings (SSSR count). The minimum absolute atomic E-state index is 0.223. The van der Waals surface area contributed by atoms with Gasteiger partial charge in [-0.05, 0) is 30.3 Å². The van der Waals surface area contributed by atoms with Gasteiger partial charge < -0.3 is 5.32 Å². The number of pyridine rings is 1. The third-order valence-electron chi connectivity index (χ3n) is 3.98. The Morgan fingerprint density at radius 3 is 2.62 bits per heavy atom. The van der Waals surface area contributed by atoms with Gasteiger partial charge >= 0.3 is 0 Å². The highest BCUT2D eigenvalue weighted by atomic mass is 35.5. The maximum Gasteiger partial charge on any atom is 0.267 e. The van der Waals surface area contributed by atoms with E-state index in [1.54, 1.807) is 36.5 Å². The van der Waals surface area contributed by atoms with E-state index in [-0.39, 0.29) is 12.1 Å². The summed E-state index contributed by atoms with van der Waals surface area (Å²) in [6.07, 6.45) is 1.68. The smallest absolute Gasteiger partial charge is 0.267 e. The summed E-state index contributed by atoms with van der Waals surface area (Å²) in [7, 11) is 0. The molecule has 1 N–H and O–H groups in total. The van der Waals surface area contributed by atoms with Crippen LogP contribution in [0.15, 0.2) is 71.0 Å². The van der Waals surface area contributed by atoms with Crippen LogP contribution in [-0.2, 0) is 11.3 Å². The van der Waals surface area contributed by atoms with Gasteiger partial charge in [-0.2, -0.15) is 5.10 Å². The molecule has 1 aromatic carbocycles. The van der Waals surface area contributed by atoms with Crippen molar-refractivity contribution in [3.05, 3.63) is 81.6 Å². The Balaban J connectivity index is 1.49. The molecule has 0 aliphatic heterocycles. The second-order valence-electron chi connectivity index (χ2n) is 6.02. The molecule has 3 heterocycles. The first-order valence-electron chi connectivity index (χ1n) is 8.59.